The van der Waals surface area contributed by atoms with Gasteiger partial charge in [-0.3, -0.25) is 4.79 Å². The number of aromatic nitrogens is 5. The van der Waals surface area contributed by atoms with Crippen LogP contribution in [0.15, 0.2) is 64.2 Å². The first kappa shape index (κ1) is 21.6. The van der Waals surface area contributed by atoms with Gasteiger partial charge in [-0.1, -0.05) is 36.0 Å². The number of amides is 1. The van der Waals surface area contributed by atoms with E-state index in [1.807, 2.05) is 54.0 Å². The minimum atomic E-state index is -0.179. The molecule has 2 heterocycles. The van der Waals surface area contributed by atoms with Crippen LogP contribution in [0.1, 0.15) is 18.6 Å². The molecule has 4 aromatic rings. The summed E-state index contributed by atoms with van der Waals surface area (Å²) in [6.07, 6.45) is 0.108. The second-order valence-electron chi connectivity index (χ2n) is 6.76. The summed E-state index contributed by atoms with van der Waals surface area (Å²) in [5.74, 6) is 2.51. The van der Waals surface area contributed by atoms with E-state index in [1.165, 1.54) is 11.8 Å². The Hall–Kier alpha value is -3.66. The van der Waals surface area contributed by atoms with Gasteiger partial charge in [0.1, 0.15) is 11.6 Å². The zero-order valence-corrected chi connectivity index (χ0v) is 18.5. The van der Waals surface area contributed by atoms with Crippen molar-refractivity contribution in [2.24, 2.45) is 0 Å². The molecule has 0 aliphatic rings. The third-order valence-electron chi connectivity index (χ3n) is 4.59. The van der Waals surface area contributed by atoms with E-state index in [0.29, 0.717) is 46.5 Å². The standard InChI is InChI=1S/C22H22N6O3S/c1-3-28-18(13-19(29)23-16-10-7-11-17(12-16)30-2)24-27-22(28)32-14-20-25-26-21(31-20)15-8-5-4-6-9-15/h4-12H,3,13-14H2,1-2H3,(H,23,29). The number of nitrogens with one attached hydrogen (secondary N) is 1. The molecule has 1 N–H and O–H groups in total. The zero-order valence-electron chi connectivity index (χ0n) is 17.7. The zero-order chi connectivity index (χ0) is 22.3. The van der Waals surface area contributed by atoms with Crippen LogP contribution in [-0.4, -0.2) is 38.0 Å². The van der Waals surface area contributed by atoms with Crippen LogP contribution >= 0.6 is 11.8 Å². The van der Waals surface area contributed by atoms with Crippen LogP contribution in [0, 0.1) is 0 Å². The molecular formula is C22H22N6O3S. The van der Waals surface area contributed by atoms with Gasteiger partial charge in [-0.15, -0.1) is 20.4 Å². The highest BCUT2D eigenvalue weighted by molar-refractivity contribution is 7.98. The number of benzene rings is 2. The molecule has 0 spiro atoms. The Kier molecular flexibility index (Phi) is 6.81. The molecule has 9 nitrogen and oxygen atoms in total. The van der Waals surface area contributed by atoms with Crippen molar-refractivity contribution in [3.63, 3.8) is 0 Å². The summed E-state index contributed by atoms with van der Waals surface area (Å²) >= 11 is 1.43. The van der Waals surface area contributed by atoms with Crippen LogP contribution < -0.4 is 10.1 Å². The molecule has 0 unspecified atom stereocenters. The lowest BCUT2D eigenvalue weighted by Crippen LogP contribution is -2.17. The largest absolute Gasteiger partial charge is 0.497 e. The summed E-state index contributed by atoms with van der Waals surface area (Å²) < 4.78 is 12.8. The first-order valence-electron chi connectivity index (χ1n) is 10.0. The first-order valence-corrected chi connectivity index (χ1v) is 11.0. The Labute approximate surface area is 189 Å². The number of carbonyl (C=O) groups excluding carboxylic acids is 1. The smallest absolute Gasteiger partial charge is 0.247 e. The van der Waals surface area contributed by atoms with Crippen LogP contribution in [0.4, 0.5) is 5.69 Å². The van der Waals surface area contributed by atoms with Gasteiger partial charge in [0.05, 0.1) is 19.3 Å². The molecule has 0 saturated heterocycles. The summed E-state index contributed by atoms with van der Waals surface area (Å²) in [5.41, 5.74) is 1.54. The summed E-state index contributed by atoms with van der Waals surface area (Å²) in [4.78, 5) is 12.5. The first-order chi connectivity index (χ1) is 15.7. The molecule has 32 heavy (non-hydrogen) atoms. The predicted molar refractivity (Wildman–Crippen MR) is 120 cm³/mol. The van der Waals surface area contributed by atoms with Crippen LogP contribution in [0.2, 0.25) is 0 Å². The lowest BCUT2D eigenvalue weighted by Gasteiger charge is -2.08. The maximum Gasteiger partial charge on any atom is 0.247 e. The van der Waals surface area contributed by atoms with Gasteiger partial charge in [-0.2, -0.15) is 0 Å². The highest BCUT2D eigenvalue weighted by Gasteiger charge is 2.17. The number of rotatable bonds is 9. The second-order valence-corrected chi connectivity index (χ2v) is 7.70. The highest BCUT2D eigenvalue weighted by Crippen LogP contribution is 2.24. The van der Waals surface area contributed by atoms with Crippen molar-refractivity contribution in [3.05, 3.63) is 66.3 Å². The van der Waals surface area contributed by atoms with Gasteiger partial charge < -0.3 is 19.0 Å². The summed E-state index contributed by atoms with van der Waals surface area (Å²) in [6.45, 7) is 2.62. The number of anilines is 1. The highest BCUT2D eigenvalue weighted by atomic mass is 32.2. The van der Waals surface area contributed by atoms with Gasteiger partial charge in [-0.05, 0) is 31.2 Å². The Bertz CT molecular complexity index is 1190. The molecular weight excluding hydrogens is 428 g/mol. The van der Waals surface area contributed by atoms with E-state index in [-0.39, 0.29) is 12.3 Å². The molecule has 4 rings (SSSR count). The van der Waals surface area contributed by atoms with Crippen LogP contribution in [0.25, 0.3) is 11.5 Å². The number of hydrogen-bond donors (Lipinski definition) is 1. The minimum Gasteiger partial charge on any atom is -0.497 e. The fourth-order valence-corrected chi connectivity index (χ4v) is 3.92. The van der Waals surface area contributed by atoms with E-state index >= 15 is 0 Å². The van der Waals surface area contributed by atoms with Crippen molar-refractivity contribution >= 4 is 23.4 Å². The normalized spacial score (nSPS) is 10.8. The van der Waals surface area contributed by atoms with Crippen LogP contribution in [0.5, 0.6) is 5.75 Å². The van der Waals surface area contributed by atoms with Crippen molar-refractivity contribution in [2.75, 3.05) is 12.4 Å². The van der Waals surface area contributed by atoms with Crippen molar-refractivity contribution in [3.8, 4) is 17.2 Å². The number of thioether (sulfide) groups is 1. The minimum absolute atomic E-state index is 0.108. The number of methoxy groups -OCH3 is 1. The third-order valence-corrected chi connectivity index (χ3v) is 5.55. The predicted octanol–water partition coefficient (Wildman–Crippen LogP) is 3.83. The van der Waals surface area contributed by atoms with E-state index in [2.05, 4.69) is 25.7 Å². The quantitative estimate of drug-likeness (QED) is 0.383. The van der Waals surface area contributed by atoms with Crippen molar-refractivity contribution in [1.29, 1.82) is 0 Å². The molecule has 1 amide bonds. The summed E-state index contributed by atoms with van der Waals surface area (Å²) in [5, 5.41) is 20.2. The molecule has 0 radical (unpaired) electrons. The van der Waals surface area contributed by atoms with Crippen molar-refractivity contribution < 1.29 is 13.9 Å². The van der Waals surface area contributed by atoms with E-state index in [1.54, 1.807) is 19.2 Å². The fourth-order valence-electron chi connectivity index (χ4n) is 3.06. The number of nitrogens with zero attached hydrogens (tertiary/aromatic N) is 5. The molecule has 0 aliphatic heterocycles. The number of hydrogen-bond acceptors (Lipinski definition) is 8. The average Bonchev–Trinajstić information content (AvgIpc) is 3.45. The van der Waals surface area contributed by atoms with Gasteiger partial charge >= 0.3 is 0 Å². The Morgan fingerprint density at radius 3 is 2.72 bits per heavy atom. The van der Waals surface area contributed by atoms with E-state index in [4.69, 9.17) is 9.15 Å². The number of carbonyl (C=O) groups is 1. The van der Waals surface area contributed by atoms with E-state index < -0.39 is 0 Å². The van der Waals surface area contributed by atoms with Crippen LogP contribution in [0.3, 0.4) is 0 Å². The molecule has 2 aromatic carbocycles. The molecule has 0 saturated carbocycles. The van der Waals surface area contributed by atoms with Gasteiger partial charge in [0, 0.05) is 23.9 Å². The molecule has 0 bridgehead atoms. The lowest BCUT2D eigenvalue weighted by atomic mass is 10.2. The van der Waals surface area contributed by atoms with Crippen molar-refractivity contribution in [2.45, 2.75) is 30.8 Å². The third kappa shape index (κ3) is 5.14. The summed E-state index contributed by atoms with van der Waals surface area (Å²) in [7, 11) is 1.58. The molecule has 0 fully saturated rings. The van der Waals surface area contributed by atoms with Gasteiger partial charge in [0.2, 0.25) is 17.7 Å². The van der Waals surface area contributed by atoms with Gasteiger partial charge in [-0.25, -0.2) is 0 Å². The monoisotopic (exact) mass is 450 g/mol. The molecule has 0 aliphatic carbocycles. The number of ether oxygens (including phenoxy) is 1. The van der Waals surface area contributed by atoms with Crippen molar-refractivity contribution in [1.82, 2.24) is 25.0 Å². The molecule has 164 valence electrons. The SMILES string of the molecule is CCn1c(CC(=O)Nc2cccc(OC)c2)nnc1SCc1nnc(-c2ccccc2)o1. The van der Waals surface area contributed by atoms with Crippen LogP contribution in [-0.2, 0) is 23.5 Å². The topological polar surface area (TPSA) is 108 Å². The van der Waals surface area contributed by atoms with Gasteiger partial charge in [0.25, 0.3) is 0 Å². The molecule has 2 aromatic heterocycles. The molecule has 0 atom stereocenters. The average molecular weight is 451 g/mol. The van der Waals surface area contributed by atoms with Gasteiger partial charge in [0.15, 0.2) is 5.16 Å². The Morgan fingerprint density at radius 2 is 1.94 bits per heavy atom. The molecule has 10 heteroatoms. The van der Waals surface area contributed by atoms with E-state index in [9.17, 15) is 4.79 Å². The summed E-state index contributed by atoms with van der Waals surface area (Å²) in [6, 6.07) is 16.8. The second kappa shape index (κ2) is 10.1. The Morgan fingerprint density at radius 1 is 1.09 bits per heavy atom. The lowest BCUT2D eigenvalue weighted by molar-refractivity contribution is -0.115. The Balaban J connectivity index is 1.38. The fraction of sp³-hybridized carbons (Fsp3) is 0.227. The maximum absolute atomic E-state index is 12.5. The maximum atomic E-state index is 12.5. The van der Waals surface area contributed by atoms with E-state index in [0.717, 1.165) is 5.56 Å².